The summed E-state index contributed by atoms with van der Waals surface area (Å²) in [5.74, 6) is -1.71. The Hall–Kier alpha value is -1.99. The van der Waals surface area contributed by atoms with Crippen LogP contribution >= 0.6 is 0 Å². The van der Waals surface area contributed by atoms with Crippen molar-refractivity contribution in [2.75, 3.05) is 7.11 Å². The molecule has 1 unspecified atom stereocenters. The predicted molar refractivity (Wildman–Crippen MR) is 62.1 cm³/mol. The first-order valence-corrected chi connectivity index (χ1v) is 5.66. The fraction of sp³-hybridized carbons (Fsp3) is 0.500. The van der Waals surface area contributed by atoms with Crippen molar-refractivity contribution in [1.82, 2.24) is 5.32 Å². The lowest BCUT2D eigenvalue weighted by Gasteiger charge is -2.18. The molecule has 0 bridgehead atoms. The summed E-state index contributed by atoms with van der Waals surface area (Å²) in [6.07, 6.45) is -4.80. The zero-order chi connectivity index (χ0) is 15.5. The summed E-state index contributed by atoms with van der Waals surface area (Å²) in [4.78, 5) is 23.2. The molecule has 1 rings (SSSR count). The summed E-state index contributed by atoms with van der Waals surface area (Å²) in [5.41, 5.74) is 0.580. The van der Waals surface area contributed by atoms with Gasteiger partial charge in [-0.05, 0) is 13.8 Å². The Morgan fingerprint density at radius 3 is 2.40 bits per heavy atom. The number of amides is 1. The highest BCUT2D eigenvalue weighted by Crippen LogP contribution is 2.23. The summed E-state index contributed by atoms with van der Waals surface area (Å²) in [7, 11) is 0.951. The number of alkyl halides is 3. The van der Waals surface area contributed by atoms with E-state index in [1.165, 1.54) is 13.2 Å². The van der Waals surface area contributed by atoms with Gasteiger partial charge in [-0.3, -0.25) is 4.79 Å². The van der Waals surface area contributed by atoms with Crippen LogP contribution in [-0.4, -0.2) is 31.2 Å². The highest BCUT2D eigenvalue weighted by molar-refractivity contribution is 5.98. The van der Waals surface area contributed by atoms with E-state index in [1.807, 2.05) is 5.32 Å². The highest BCUT2D eigenvalue weighted by Gasteiger charge is 2.37. The number of furan rings is 1. The number of hydrogen-bond acceptors (Lipinski definition) is 4. The molecule has 0 aromatic carbocycles. The maximum absolute atomic E-state index is 12.4. The molecule has 20 heavy (non-hydrogen) atoms. The van der Waals surface area contributed by atoms with E-state index in [4.69, 9.17) is 4.42 Å². The van der Waals surface area contributed by atoms with Crippen LogP contribution in [0.4, 0.5) is 13.2 Å². The summed E-state index contributed by atoms with van der Waals surface area (Å²) < 4.78 is 46.4. The summed E-state index contributed by atoms with van der Waals surface area (Å²) >= 11 is 0. The monoisotopic (exact) mass is 293 g/mol. The van der Waals surface area contributed by atoms with Crippen LogP contribution in [-0.2, 0) is 9.53 Å². The lowest BCUT2D eigenvalue weighted by molar-refractivity contribution is -0.160. The lowest BCUT2D eigenvalue weighted by atomic mass is 10.1. The van der Waals surface area contributed by atoms with Crippen LogP contribution in [0.15, 0.2) is 10.7 Å². The number of nitrogens with one attached hydrogen (secondary N) is 1. The van der Waals surface area contributed by atoms with Crippen LogP contribution in [0.1, 0.15) is 28.1 Å². The fourth-order valence-electron chi connectivity index (χ4n) is 1.71. The Balaban J connectivity index is 2.90. The van der Waals surface area contributed by atoms with Gasteiger partial charge in [0.05, 0.1) is 25.4 Å². The van der Waals surface area contributed by atoms with Gasteiger partial charge < -0.3 is 14.5 Å². The first-order valence-electron chi connectivity index (χ1n) is 5.66. The minimum atomic E-state index is -4.60. The Labute approximate surface area is 113 Å². The van der Waals surface area contributed by atoms with Gasteiger partial charge in [0.2, 0.25) is 0 Å². The van der Waals surface area contributed by atoms with Gasteiger partial charge in [0.25, 0.3) is 5.91 Å². The number of methoxy groups -OCH3 is 1. The zero-order valence-electron chi connectivity index (χ0n) is 11.1. The van der Waals surface area contributed by atoms with Gasteiger partial charge in [0.15, 0.2) is 0 Å². The summed E-state index contributed by atoms with van der Waals surface area (Å²) in [6, 6.07) is -1.79. The minimum Gasteiger partial charge on any atom is -0.469 e. The molecule has 112 valence electrons. The number of rotatable bonds is 4. The van der Waals surface area contributed by atoms with Crippen molar-refractivity contribution in [2.24, 2.45) is 0 Å². The van der Waals surface area contributed by atoms with E-state index in [0.29, 0.717) is 5.56 Å². The smallest absolute Gasteiger partial charge is 0.391 e. The van der Waals surface area contributed by atoms with Gasteiger partial charge >= 0.3 is 12.1 Å². The number of esters is 1. The number of hydrogen-bond donors (Lipinski definition) is 1. The van der Waals surface area contributed by atoms with Gasteiger partial charge in [-0.2, -0.15) is 13.2 Å². The van der Waals surface area contributed by atoms with Gasteiger partial charge in [0.1, 0.15) is 11.8 Å². The third-order valence-corrected chi connectivity index (χ3v) is 2.61. The third-order valence-electron chi connectivity index (χ3n) is 2.61. The second-order valence-corrected chi connectivity index (χ2v) is 4.22. The maximum Gasteiger partial charge on any atom is 0.391 e. The van der Waals surface area contributed by atoms with Crippen LogP contribution in [0, 0.1) is 13.8 Å². The van der Waals surface area contributed by atoms with Crippen molar-refractivity contribution in [1.29, 1.82) is 0 Å². The van der Waals surface area contributed by atoms with Crippen molar-refractivity contribution in [2.45, 2.75) is 32.5 Å². The predicted octanol–water partition coefficient (Wildman–Crippen LogP) is 2.12. The Morgan fingerprint density at radius 1 is 1.40 bits per heavy atom. The number of carbonyl (C=O) groups is 2. The van der Waals surface area contributed by atoms with Gasteiger partial charge in [-0.25, -0.2) is 4.79 Å². The molecule has 8 heteroatoms. The molecule has 0 spiro atoms. The molecule has 1 heterocycles. The van der Waals surface area contributed by atoms with E-state index < -0.39 is 30.5 Å². The minimum absolute atomic E-state index is 0.112. The van der Waals surface area contributed by atoms with Gasteiger partial charge in [0, 0.05) is 5.56 Å². The fourth-order valence-corrected chi connectivity index (χ4v) is 1.71. The van der Waals surface area contributed by atoms with Gasteiger partial charge in [-0.1, -0.05) is 0 Å². The molecule has 0 radical (unpaired) electrons. The lowest BCUT2D eigenvalue weighted by Crippen LogP contribution is -2.44. The molecule has 1 amide bonds. The van der Waals surface area contributed by atoms with Crippen molar-refractivity contribution >= 4 is 11.9 Å². The molecule has 5 nitrogen and oxygen atoms in total. The number of halogens is 3. The number of ether oxygens (including phenoxy) is 1. The van der Waals surface area contributed by atoms with E-state index >= 15 is 0 Å². The first kappa shape index (κ1) is 16.1. The molecule has 1 aromatic heterocycles. The Kier molecular flexibility index (Phi) is 4.80. The highest BCUT2D eigenvalue weighted by atomic mass is 19.4. The second kappa shape index (κ2) is 5.98. The quantitative estimate of drug-likeness (QED) is 0.863. The van der Waals surface area contributed by atoms with Gasteiger partial charge in [-0.15, -0.1) is 0 Å². The molecular weight excluding hydrogens is 279 g/mol. The van der Waals surface area contributed by atoms with Crippen LogP contribution < -0.4 is 5.32 Å². The van der Waals surface area contributed by atoms with Crippen molar-refractivity contribution in [3.05, 3.63) is 23.2 Å². The molecule has 0 saturated carbocycles. The van der Waals surface area contributed by atoms with Crippen molar-refractivity contribution in [3.63, 3.8) is 0 Å². The number of aryl methyl sites for hydroxylation is 2. The third kappa shape index (κ3) is 4.01. The van der Waals surface area contributed by atoms with E-state index in [9.17, 15) is 22.8 Å². The van der Waals surface area contributed by atoms with Crippen LogP contribution in [0.2, 0.25) is 0 Å². The Bertz CT molecular complexity index is 488. The molecule has 0 aliphatic rings. The molecule has 0 saturated heterocycles. The molecular formula is C12H14F3NO4. The Morgan fingerprint density at radius 2 is 2.00 bits per heavy atom. The average molecular weight is 293 g/mol. The van der Waals surface area contributed by atoms with E-state index in [0.717, 1.165) is 7.11 Å². The van der Waals surface area contributed by atoms with Crippen LogP contribution in [0.3, 0.4) is 0 Å². The zero-order valence-corrected chi connectivity index (χ0v) is 11.1. The first-order chi connectivity index (χ1) is 9.15. The van der Waals surface area contributed by atoms with E-state index in [-0.39, 0.29) is 11.3 Å². The molecule has 0 aliphatic carbocycles. The molecule has 1 N–H and O–H groups in total. The normalized spacial score (nSPS) is 12.9. The summed E-state index contributed by atoms with van der Waals surface area (Å²) in [6.45, 7) is 3.07. The number of carbonyl (C=O) groups excluding carboxylic acids is 2. The second-order valence-electron chi connectivity index (χ2n) is 4.22. The van der Waals surface area contributed by atoms with Crippen LogP contribution in [0.5, 0.6) is 0 Å². The average Bonchev–Trinajstić information content (AvgIpc) is 2.65. The van der Waals surface area contributed by atoms with Crippen molar-refractivity contribution < 1.29 is 31.9 Å². The molecule has 1 atom stereocenters. The van der Waals surface area contributed by atoms with Crippen molar-refractivity contribution in [3.8, 4) is 0 Å². The molecule has 1 aromatic rings. The van der Waals surface area contributed by atoms with E-state index in [1.54, 1.807) is 6.92 Å². The standard InChI is InChI=1S/C12H14F3NO4/c1-6-5-20-7(2)9(6)10(17)16-8(11(18)19-3)4-12(13,14)15/h5,8H,4H2,1-3H3,(H,16,17). The maximum atomic E-state index is 12.4. The largest absolute Gasteiger partial charge is 0.469 e. The van der Waals surface area contributed by atoms with Crippen LogP contribution in [0.25, 0.3) is 0 Å². The topological polar surface area (TPSA) is 68.5 Å². The SMILES string of the molecule is COC(=O)C(CC(F)(F)F)NC(=O)c1c(C)coc1C. The molecule has 0 fully saturated rings. The molecule has 0 aliphatic heterocycles. The van der Waals surface area contributed by atoms with E-state index in [2.05, 4.69) is 4.74 Å². The summed E-state index contributed by atoms with van der Waals surface area (Å²) in [5, 5.41) is 2.01.